The molecule has 1 fully saturated rings. The molecule has 0 saturated heterocycles. The molecule has 0 heterocycles. The van der Waals surface area contributed by atoms with Crippen LogP contribution in [0.25, 0.3) is 0 Å². The van der Waals surface area contributed by atoms with Crippen LogP contribution in [-0.2, 0) is 17.6 Å². The smallest absolute Gasteiger partial charge is 0.306 e. The van der Waals surface area contributed by atoms with Crippen molar-refractivity contribution in [3.63, 3.8) is 0 Å². The summed E-state index contributed by atoms with van der Waals surface area (Å²) in [5.41, 5.74) is 2.90. The van der Waals surface area contributed by atoms with E-state index < -0.39 is 5.97 Å². The highest BCUT2D eigenvalue weighted by atomic mass is 16.4. The van der Waals surface area contributed by atoms with Crippen LogP contribution in [-0.4, -0.2) is 23.2 Å². The summed E-state index contributed by atoms with van der Waals surface area (Å²) in [6, 6.07) is 9.49. The lowest BCUT2D eigenvalue weighted by molar-refractivity contribution is -0.143. The Labute approximate surface area is 114 Å². The van der Waals surface area contributed by atoms with E-state index in [1.807, 2.05) is 0 Å². The molecular formula is C16H21NO2. The molecule has 3 nitrogen and oxygen atoms in total. The van der Waals surface area contributed by atoms with E-state index in [0.717, 1.165) is 38.5 Å². The lowest BCUT2D eigenvalue weighted by atomic mass is 9.85. The Bertz CT molecular complexity index is 447. The van der Waals surface area contributed by atoms with Crippen molar-refractivity contribution in [2.24, 2.45) is 5.92 Å². The second kappa shape index (κ2) is 5.33. The van der Waals surface area contributed by atoms with Crippen molar-refractivity contribution in [3.8, 4) is 0 Å². The van der Waals surface area contributed by atoms with Crippen molar-refractivity contribution in [2.75, 3.05) is 0 Å². The molecule has 0 spiro atoms. The molecule has 1 aromatic carbocycles. The fraction of sp³-hybridized carbons (Fsp3) is 0.562. The zero-order valence-corrected chi connectivity index (χ0v) is 11.1. The average Bonchev–Trinajstić information content (AvgIpc) is 2.81. The second-order valence-corrected chi connectivity index (χ2v) is 5.94. The van der Waals surface area contributed by atoms with E-state index in [0.29, 0.717) is 12.1 Å². The average molecular weight is 259 g/mol. The topological polar surface area (TPSA) is 49.3 Å². The van der Waals surface area contributed by atoms with Crippen molar-refractivity contribution < 1.29 is 9.90 Å². The first-order valence-corrected chi connectivity index (χ1v) is 7.28. The minimum absolute atomic E-state index is 0.143. The maximum atomic E-state index is 11.1. The standard InChI is InChI=1S/C16H21NO2/c18-16(19)13-6-3-7-14(10-13)17-15-8-11-4-1-2-5-12(11)9-15/h1-2,4-5,13-15,17H,3,6-10H2,(H,18,19). The number of carboxylic acids is 1. The van der Waals surface area contributed by atoms with Crippen LogP contribution in [0.1, 0.15) is 36.8 Å². The lowest BCUT2D eigenvalue weighted by Gasteiger charge is -2.29. The maximum Gasteiger partial charge on any atom is 0.306 e. The van der Waals surface area contributed by atoms with Gasteiger partial charge in [-0.15, -0.1) is 0 Å². The molecular weight excluding hydrogens is 238 g/mol. The first-order valence-electron chi connectivity index (χ1n) is 7.28. The molecule has 2 N–H and O–H groups in total. The van der Waals surface area contributed by atoms with Crippen LogP contribution >= 0.6 is 0 Å². The van der Waals surface area contributed by atoms with Gasteiger partial charge in [-0.2, -0.15) is 0 Å². The highest BCUT2D eigenvalue weighted by molar-refractivity contribution is 5.70. The number of hydrogen-bond acceptors (Lipinski definition) is 2. The minimum atomic E-state index is -0.624. The van der Waals surface area contributed by atoms with Gasteiger partial charge in [-0.25, -0.2) is 0 Å². The van der Waals surface area contributed by atoms with Crippen LogP contribution in [0, 0.1) is 5.92 Å². The molecule has 0 bridgehead atoms. The highest BCUT2D eigenvalue weighted by Gasteiger charge is 2.29. The number of aliphatic carboxylic acids is 1. The van der Waals surface area contributed by atoms with E-state index in [4.69, 9.17) is 5.11 Å². The van der Waals surface area contributed by atoms with Crippen molar-refractivity contribution >= 4 is 5.97 Å². The number of fused-ring (bicyclic) bond motifs is 1. The van der Waals surface area contributed by atoms with Gasteiger partial charge in [0.05, 0.1) is 5.92 Å². The summed E-state index contributed by atoms with van der Waals surface area (Å²) in [4.78, 5) is 11.1. The van der Waals surface area contributed by atoms with E-state index in [1.54, 1.807) is 0 Å². The molecule has 0 aliphatic heterocycles. The van der Waals surface area contributed by atoms with Crippen molar-refractivity contribution in [3.05, 3.63) is 35.4 Å². The SMILES string of the molecule is O=C(O)C1CCCC(NC2Cc3ccccc3C2)C1. The largest absolute Gasteiger partial charge is 0.481 e. The van der Waals surface area contributed by atoms with Crippen LogP contribution in [0.5, 0.6) is 0 Å². The maximum absolute atomic E-state index is 11.1. The van der Waals surface area contributed by atoms with Gasteiger partial charge in [0.2, 0.25) is 0 Å². The summed E-state index contributed by atoms with van der Waals surface area (Å²) in [5, 5.41) is 12.8. The molecule has 2 aliphatic carbocycles. The lowest BCUT2D eigenvalue weighted by Crippen LogP contribution is -2.42. The monoisotopic (exact) mass is 259 g/mol. The van der Waals surface area contributed by atoms with Crippen LogP contribution in [0.4, 0.5) is 0 Å². The molecule has 1 aromatic rings. The Morgan fingerprint density at radius 2 is 1.79 bits per heavy atom. The van der Waals surface area contributed by atoms with Crippen molar-refractivity contribution in [1.29, 1.82) is 0 Å². The first-order chi connectivity index (χ1) is 9.22. The summed E-state index contributed by atoms with van der Waals surface area (Å²) in [6.07, 6.45) is 5.97. The van der Waals surface area contributed by atoms with E-state index in [2.05, 4.69) is 29.6 Å². The van der Waals surface area contributed by atoms with Crippen LogP contribution in [0.3, 0.4) is 0 Å². The van der Waals surface area contributed by atoms with E-state index in [-0.39, 0.29) is 5.92 Å². The van der Waals surface area contributed by atoms with Crippen molar-refractivity contribution in [1.82, 2.24) is 5.32 Å². The van der Waals surface area contributed by atoms with Crippen LogP contribution in [0.2, 0.25) is 0 Å². The third-order valence-corrected chi connectivity index (χ3v) is 4.55. The molecule has 0 radical (unpaired) electrons. The second-order valence-electron chi connectivity index (χ2n) is 5.94. The number of carbonyl (C=O) groups is 1. The minimum Gasteiger partial charge on any atom is -0.481 e. The molecule has 19 heavy (non-hydrogen) atoms. The summed E-state index contributed by atoms with van der Waals surface area (Å²) in [7, 11) is 0. The van der Waals surface area contributed by atoms with Gasteiger partial charge in [0, 0.05) is 12.1 Å². The van der Waals surface area contributed by atoms with Gasteiger partial charge in [-0.3, -0.25) is 4.79 Å². The molecule has 3 rings (SSSR count). The Hall–Kier alpha value is -1.35. The number of rotatable bonds is 3. The third-order valence-electron chi connectivity index (χ3n) is 4.55. The van der Waals surface area contributed by atoms with Gasteiger partial charge < -0.3 is 10.4 Å². The normalized spacial score (nSPS) is 27.2. The predicted octanol–water partition coefficient (Wildman–Crippen LogP) is 2.39. The number of benzene rings is 1. The molecule has 2 unspecified atom stereocenters. The number of hydrogen-bond donors (Lipinski definition) is 2. The summed E-state index contributed by atoms with van der Waals surface area (Å²) < 4.78 is 0. The molecule has 2 aliphatic rings. The predicted molar refractivity (Wildman–Crippen MR) is 74.2 cm³/mol. The summed E-state index contributed by atoms with van der Waals surface area (Å²) in [5.74, 6) is -0.767. The summed E-state index contributed by atoms with van der Waals surface area (Å²) >= 11 is 0. The quantitative estimate of drug-likeness (QED) is 0.876. The van der Waals surface area contributed by atoms with Crippen LogP contribution < -0.4 is 5.32 Å². The van der Waals surface area contributed by atoms with Gasteiger partial charge in [0.25, 0.3) is 0 Å². The molecule has 0 amide bonds. The van der Waals surface area contributed by atoms with Crippen LogP contribution in [0.15, 0.2) is 24.3 Å². The molecule has 2 atom stereocenters. The van der Waals surface area contributed by atoms with E-state index in [1.165, 1.54) is 11.1 Å². The Balaban J connectivity index is 1.57. The number of nitrogens with one attached hydrogen (secondary N) is 1. The fourth-order valence-corrected chi connectivity index (χ4v) is 3.58. The molecule has 102 valence electrons. The summed E-state index contributed by atoms with van der Waals surface area (Å²) in [6.45, 7) is 0. The fourth-order valence-electron chi connectivity index (χ4n) is 3.58. The van der Waals surface area contributed by atoms with E-state index >= 15 is 0 Å². The Morgan fingerprint density at radius 1 is 1.11 bits per heavy atom. The molecule has 1 saturated carbocycles. The third kappa shape index (κ3) is 2.81. The van der Waals surface area contributed by atoms with Gasteiger partial charge in [-0.05, 0) is 43.2 Å². The first kappa shape index (κ1) is 12.7. The van der Waals surface area contributed by atoms with Gasteiger partial charge in [0.15, 0.2) is 0 Å². The van der Waals surface area contributed by atoms with Gasteiger partial charge in [-0.1, -0.05) is 30.7 Å². The zero-order chi connectivity index (χ0) is 13.2. The highest BCUT2D eigenvalue weighted by Crippen LogP contribution is 2.27. The van der Waals surface area contributed by atoms with Gasteiger partial charge >= 0.3 is 5.97 Å². The Kier molecular flexibility index (Phi) is 3.56. The van der Waals surface area contributed by atoms with Crippen molar-refractivity contribution in [2.45, 2.75) is 50.6 Å². The molecule has 0 aromatic heterocycles. The van der Waals surface area contributed by atoms with Gasteiger partial charge in [0.1, 0.15) is 0 Å². The van der Waals surface area contributed by atoms with E-state index in [9.17, 15) is 4.79 Å². The molecule has 3 heteroatoms. The Morgan fingerprint density at radius 3 is 2.42 bits per heavy atom. The zero-order valence-electron chi connectivity index (χ0n) is 11.1. The number of carboxylic acid groups (broad SMARTS) is 1.